The second-order valence-corrected chi connectivity index (χ2v) is 7.87. The molecule has 0 amide bonds. The second-order valence-electron chi connectivity index (χ2n) is 7.87. The first kappa shape index (κ1) is 22.8. The average Bonchev–Trinajstić information content (AvgIpc) is 3.69. The number of ether oxygens (including phenoxy) is 1. The first-order valence-corrected chi connectivity index (χ1v) is 11.1. The minimum absolute atomic E-state index is 0.692. The highest BCUT2D eigenvalue weighted by atomic mass is 16.5. The van der Waals surface area contributed by atoms with Gasteiger partial charge in [-0.2, -0.15) is 0 Å². The standard InChI is InChI=1S/C26H29NO.C2H5N/c1-4-25(21-11-7-5-8-12-21)26(22-13-9-6-10-14-22)23-15-17-24(18-16-23)28-20-19-27(2)3;1-2-3-1/h5-18H,4,19-20H2,1-3H3;3H,1-2H2/b26-25-;. The van der Waals surface area contributed by atoms with Crippen molar-refractivity contribution < 1.29 is 4.74 Å². The van der Waals surface area contributed by atoms with Gasteiger partial charge in [0.1, 0.15) is 12.4 Å². The predicted molar refractivity (Wildman–Crippen MR) is 132 cm³/mol. The Morgan fingerprint density at radius 2 is 1.29 bits per heavy atom. The van der Waals surface area contributed by atoms with E-state index in [0.29, 0.717) is 6.61 Å². The monoisotopic (exact) mass is 414 g/mol. The van der Waals surface area contributed by atoms with Crippen LogP contribution in [0.1, 0.15) is 30.0 Å². The highest BCUT2D eigenvalue weighted by molar-refractivity contribution is 5.98. The van der Waals surface area contributed by atoms with Gasteiger partial charge in [-0.1, -0.05) is 79.7 Å². The highest BCUT2D eigenvalue weighted by Crippen LogP contribution is 2.34. The summed E-state index contributed by atoms with van der Waals surface area (Å²) in [4.78, 5) is 2.12. The molecule has 162 valence electrons. The van der Waals surface area contributed by atoms with Gasteiger partial charge in [-0.25, -0.2) is 0 Å². The summed E-state index contributed by atoms with van der Waals surface area (Å²) in [5, 5.41) is 3.00. The molecule has 0 spiro atoms. The van der Waals surface area contributed by atoms with E-state index >= 15 is 0 Å². The Hall–Kier alpha value is -2.88. The van der Waals surface area contributed by atoms with Crippen LogP contribution >= 0.6 is 0 Å². The Balaban J connectivity index is 0.000000834. The molecule has 1 N–H and O–H groups in total. The molecule has 1 aliphatic rings. The lowest BCUT2D eigenvalue weighted by Crippen LogP contribution is -2.19. The quantitative estimate of drug-likeness (QED) is 0.386. The normalized spacial score (nSPS) is 13.2. The number of likely N-dealkylation sites (N-methyl/N-ethyl adjacent to an activating group) is 1. The number of benzene rings is 3. The van der Waals surface area contributed by atoms with E-state index in [2.05, 4.69) is 116 Å². The number of nitrogens with zero attached hydrogens (tertiary/aromatic N) is 1. The minimum Gasteiger partial charge on any atom is -0.492 e. The van der Waals surface area contributed by atoms with Crippen LogP contribution in [0.2, 0.25) is 0 Å². The first-order valence-electron chi connectivity index (χ1n) is 11.1. The molecule has 31 heavy (non-hydrogen) atoms. The summed E-state index contributed by atoms with van der Waals surface area (Å²) in [5.41, 5.74) is 6.37. The number of allylic oxidation sites excluding steroid dienone is 1. The lowest BCUT2D eigenvalue weighted by molar-refractivity contribution is 0.261. The van der Waals surface area contributed by atoms with Crippen LogP contribution in [0.3, 0.4) is 0 Å². The zero-order chi connectivity index (χ0) is 21.9. The SMILES string of the molecule is C1CN1.CC/C(=C(\c1ccccc1)c1ccc(OCCN(C)C)cc1)c1ccccc1. The molecule has 0 unspecified atom stereocenters. The largest absolute Gasteiger partial charge is 0.492 e. The van der Waals surface area contributed by atoms with Crippen molar-refractivity contribution in [3.63, 3.8) is 0 Å². The molecule has 3 nitrogen and oxygen atoms in total. The van der Waals surface area contributed by atoms with E-state index in [0.717, 1.165) is 18.7 Å². The summed E-state index contributed by atoms with van der Waals surface area (Å²) in [6.45, 7) is 6.33. The third-order valence-corrected chi connectivity index (χ3v) is 5.04. The van der Waals surface area contributed by atoms with E-state index in [9.17, 15) is 0 Å². The van der Waals surface area contributed by atoms with Crippen molar-refractivity contribution in [2.45, 2.75) is 13.3 Å². The topological polar surface area (TPSA) is 34.4 Å². The summed E-state index contributed by atoms with van der Waals surface area (Å²) in [7, 11) is 4.11. The highest BCUT2D eigenvalue weighted by Gasteiger charge is 2.13. The zero-order valence-electron chi connectivity index (χ0n) is 19.0. The number of rotatable bonds is 8. The molecule has 0 bridgehead atoms. The van der Waals surface area contributed by atoms with Gasteiger partial charge in [-0.3, -0.25) is 0 Å². The van der Waals surface area contributed by atoms with Crippen molar-refractivity contribution >= 4 is 11.1 Å². The van der Waals surface area contributed by atoms with Crippen LogP contribution in [0, 0.1) is 0 Å². The average molecular weight is 415 g/mol. The summed E-state index contributed by atoms with van der Waals surface area (Å²) in [6.07, 6.45) is 0.968. The van der Waals surface area contributed by atoms with Crippen LogP contribution in [-0.2, 0) is 0 Å². The zero-order valence-corrected chi connectivity index (χ0v) is 19.0. The lowest BCUT2D eigenvalue weighted by atomic mass is 9.88. The van der Waals surface area contributed by atoms with Gasteiger partial charge in [0.2, 0.25) is 0 Å². The van der Waals surface area contributed by atoms with Crippen molar-refractivity contribution in [3.8, 4) is 5.75 Å². The van der Waals surface area contributed by atoms with Crippen molar-refractivity contribution in [3.05, 3.63) is 102 Å². The molecule has 1 aliphatic heterocycles. The van der Waals surface area contributed by atoms with E-state index in [4.69, 9.17) is 4.74 Å². The molecule has 1 fully saturated rings. The summed E-state index contributed by atoms with van der Waals surface area (Å²) < 4.78 is 5.87. The molecule has 3 aromatic carbocycles. The Morgan fingerprint density at radius 3 is 1.77 bits per heavy atom. The van der Waals surface area contributed by atoms with Gasteiger partial charge < -0.3 is 15.0 Å². The Bertz CT molecular complexity index is 927. The van der Waals surface area contributed by atoms with E-state index in [1.165, 1.54) is 40.9 Å². The molecule has 1 heterocycles. The first-order chi connectivity index (χ1) is 15.2. The van der Waals surface area contributed by atoms with Crippen molar-refractivity contribution in [1.82, 2.24) is 10.2 Å². The third-order valence-electron chi connectivity index (χ3n) is 5.04. The molecule has 0 atom stereocenters. The van der Waals surface area contributed by atoms with E-state index in [1.54, 1.807) is 0 Å². The molecule has 3 heteroatoms. The summed E-state index contributed by atoms with van der Waals surface area (Å²) >= 11 is 0. The minimum atomic E-state index is 0.692. The van der Waals surface area contributed by atoms with Gasteiger partial charge in [-0.05, 0) is 60.5 Å². The number of hydrogen-bond donors (Lipinski definition) is 1. The van der Waals surface area contributed by atoms with Crippen LogP contribution in [0.5, 0.6) is 5.75 Å². The molecule has 3 aromatic rings. The van der Waals surface area contributed by atoms with E-state index in [-0.39, 0.29) is 0 Å². The van der Waals surface area contributed by atoms with E-state index < -0.39 is 0 Å². The number of hydrogen-bond acceptors (Lipinski definition) is 3. The predicted octanol–water partition coefficient (Wildman–Crippen LogP) is 5.59. The number of nitrogens with one attached hydrogen (secondary N) is 1. The lowest BCUT2D eigenvalue weighted by Gasteiger charge is -2.17. The maximum atomic E-state index is 5.87. The Morgan fingerprint density at radius 1 is 0.774 bits per heavy atom. The molecule has 0 radical (unpaired) electrons. The van der Waals surface area contributed by atoms with Crippen LogP contribution in [-0.4, -0.2) is 45.2 Å². The van der Waals surface area contributed by atoms with Crippen molar-refractivity contribution in [1.29, 1.82) is 0 Å². The summed E-state index contributed by atoms with van der Waals surface area (Å²) in [5.74, 6) is 0.913. The third kappa shape index (κ3) is 7.39. The van der Waals surface area contributed by atoms with Gasteiger partial charge in [0.15, 0.2) is 0 Å². The van der Waals surface area contributed by atoms with Crippen LogP contribution in [0.15, 0.2) is 84.9 Å². The fourth-order valence-electron chi connectivity index (χ4n) is 3.35. The Kier molecular flexibility index (Phi) is 8.89. The summed E-state index contributed by atoms with van der Waals surface area (Å²) in [6, 6.07) is 29.8. The Labute approximate surface area is 187 Å². The molecule has 1 saturated heterocycles. The van der Waals surface area contributed by atoms with E-state index in [1.807, 2.05) is 0 Å². The van der Waals surface area contributed by atoms with Gasteiger partial charge in [0, 0.05) is 19.6 Å². The molecular formula is C28H34N2O. The van der Waals surface area contributed by atoms with Crippen molar-refractivity contribution in [2.24, 2.45) is 0 Å². The molecule has 0 aromatic heterocycles. The smallest absolute Gasteiger partial charge is 0.119 e. The van der Waals surface area contributed by atoms with Gasteiger partial charge >= 0.3 is 0 Å². The maximum absolute atomic E-state index is 5.87. The van der Waals surface area contributed by atoms with Crippen LogP contribution in [0.4, 0.5) is 0 Å². The molecule has 0 aliphatic carbocycles. The van der Waals surface area contributed by atoms with Crippen LogP contribution in [0.25, 0.3) is 11.1 Å². The molecule has 0 saturated carbocycles. The molecule has 4 rings (SSSR count). The van der Waals surface area contributed by atoms with Crippen LogP contribution < -0.4 is 10.1 Å². The molecular weight excluding hydrogens is 380 g/mol. The fraction of sp³-hybridized carbons (Fsp3) is 0.286. The van der Waals surface area contributed by atoms with Gasteiger partial charge in [0.05, 0.1) is 0 Å². The fourth-order valence-corrected chi connectivity index (χ4v) is 3.35. The van der Waals surface area contributed by atoms with Crippen molar-refractivity contribution in [2.75, 3.05) is 40.3 Å². The maximum Gasteiger partial charge on any atom is 0.119 e. The van der Waals surface area contributed by atoms with Gasteiger partial charge in [0.25, 0.3) is 0 Å². The second kappa shape index (κ2) is 12.1. The van der Waals surface area contributed by atoms with Gasteiger partial charge in [-0.15, -0.1) is 0 Å².